The summed E-state index contributed by atoms with van der Waals surface area (Å²) in [6, 6.07) is 11.0. The van der Waals surface area contributed by atoms with Gasteiger partial charge in [0.25, 0.3) is 5.91 Å². The molecule has 0 saturated heterocycles. The average Bonchev–Trinajstić information content (AvgIpc) is 2.70. The fourth-order valence-corrected chi connectivity index (χ4v) is 2.76. The van der Waals surface area contributed by atoms with Crippen LogP contribution in [0, 0.1) is 11.7 Å². The number of rotatable bonds is 8. The minimum atomic E-state index is -0.978. The van der Waals surface area contributed by atoms with E-state index in [4.69, 9.17) is 11.6 Å². The number of aliphatic hydroxyl groups is 1. The highest BCUT2D eigenvalue weighted by molar-refractivity contribution is 6.30. The number of carbonyl (C=O) groups is 2. The molecule has 2 aromatic carbocycles. The Labute approximate surface area is 168 Å². The van der Waals surface area contributed by atoms with Crippen molar-refractivity contribution in [2.75, 3.05) is 6.54 Å². The lowest BCUT2D eigenvalue weighted by Gasteiger charge is -2.24. The zero-order valence-electron chi connectivity index (χ0n) is 15.8. The third-order valence-electron chi connectivity index (χ3n) is 4.61. The van der Waals surface area contributed by atoms with Crippen molar-refractivity contribution in [2.45, 2.75) is 32.4 Å². The molecule has 2 aromatic rings. The topological polar surface area (TPSA) is 78.4 Å². The third-order valence-corrected chi connectivity index (χ3v) is 4.86. The van der Waals surface area contributed by atoms with E-state index in [2.05, 4.69) is 10.6 Å². The van der Waals surface area contributed by atoms with E-state index in [1.54, 1.807) is 24.3 Å². The van der Waals surface area contributed by atoms with Crippen LogP contribution in [0.25, 0.3) is 0 Å². The molecule has 0 heterocycles. The van der Waals surface area contributed by atoms with Gasteiger partial charge in [-0.2, -0.15) is 0 Å². The van der Waals surface area contributed by atoms with E-state index in [0.717, 1.165) is 0 Å². The SMILES string of the molecule is CCC(C)C(NC(=O)c1ccc(Cl)cc1)C(=O)NCC(O)c1ccc(F)cc1. The molecule has 2 amide bonds. The van der Waals surface area contributed by atoms with Crippen LogP contribution in [0.1, 0.15) is 42.3 Å². The first-order valence-corrected chi connectivity index (χ1v) is 9.47. The molecule has 0 fully saturated rings. The number of halogens is 2. The van der Waals surface area contributed by atoms with E-state index in [1.807, 2.05) is 13.8 Å². The lowest BCUT2D eigenvalue weighted by Crippen LogP contribution is -2.50. The maximum atomic E-state index is 13.0. The summed E-state index contributed by atoms with van der Waals surface area (Å²) in [7, 11) is 0. The van der Waals surface area contributed by atoms with Crippen LogP contribution < -0.4 is 10.6 Å². The minimum Gasteiger partial charge on any atom is -0.387 e. The molecular weight excluding hydrogens is 383 g/mol. The maximum absolute atomic E-state index is 13.0. The summed E-state index contributed by atoms with van der Waals surface area (Å²) in [5.74, 6) is -1.28. The molecule has 3 N–H and O–H groups in total. The van der Waals surface area contributed by atoms with Crippen LogP contribution in [0.2, 0.25) is 5.02 Å². The second-order valence-corrected chi connectivity index (χ2v) is 7.09. The molecule has 7 heteroatoms. The van der Waals surface area contributed by atoms with E-state index in [1.165, 1.54) is 24.3 Å². The van der Waals surface area contributed by atoms with Gasteiger partial charge >= 0.3 is 0 Å². The first-order valence-electron chi connectivity index (χ1n) is 9.09. The highest BCUT2D eigenvalue weighted by atomic mass is 35.5. The normalized spacial score (nSPS) is 14.0. The smallest absolute Gasteiger partial charge is 0.251 e. The summed E-state index contributed by atoms with van der Waals surface area (Å²) in [4.78, 5) is 25.1. The maximum Gasteiger partial charge on any atom is 0.251 e. The van der Waals surface area contributed by atoms with Crippen molar-refractivity contribution >= 4 is 23.4 Å². The third kappa shape index (κ3) is 6.04. The van der Waals surface area contributed by atoms with Crippen molar-refractivity contribution in [3.63, 3.8) is 0 Å². The minimum absolute atomic E-state index is 0.0474. The summed E-state index contributed by atoms with van der Waals surface area (Å²) in [6.45, 7) is 3.74. The zero-order valence-corrected chi connectivity index (χ0v) is 16.5. The number of nitrogens with one attached hydrogen (secondary N) is 2. The van der Waals surface area contributed by atoms with Gasteiger partial charge in [-0.3, -0.25) is 9.59 Å². The molecule has 0 saturated carbocycles. The number of hydrogen-bond donors (Lipinski definition) is 3. The Bertz CT molecular complexity index is 796. The molecule has 5 nitrogen and oxygen atoms in total. The van der Waals surface area contributed by atoms with Crippen LogP contribution in [-0.4, -0.2) is 29.5 Å². The van der Waals surface area contributed by atoms with Crippen LogP contribution >= 0.6 is 11.6 Å². The van der Waals surface area contributed by atoms with Crippen LogP contribution in [0.15, 0.2) is 48.5 Å². The molecule has 28 heavy (non-hydrogen) atoms. The Morgan fingerprint density at radius 1 is 1.11 bits per heavy atom. The van der Waals surface area contributed by atoms with Crippen LogP contribution in [0.4, 0.5) is 4.39 Å². The van der Waals surface area contributed by atoms with Gasteiger partial charge < -0.3 is 15.7 Å². The number of amides is 2. The lowest BCUT2D eigenvalue weighted by atomic mass is 9.97. The molecule has 0 bridgehead atoms. The highest BCUT2D eigenvalue weighted by Crippen LogP contribution is 2.14. The van der Waals surface area contributed by atoms with Gasteiger partial charge in [0.2, 0.25) is 5.91 Å². The fourth-order valence-electron chi connectivity index (χ4n) is 2.64. The summed E-state index contributed by atoms with van der Waals surface area (Å²) in [5, 5.41) is 16.1. The van der Waals surface area contributed by atoms with Crippen molar-refractivity contribution in [3.05, 3.63) is 70.5 Å². The van der Waals surface area contributed by atoms with Crippen molar-refractivity contribution < 1.29 is 19.1 Å². The lowest BCUT2D eigenvalue weighted by molar-refractivity contribution is -0.124. The molecule has 2 rings (SSSR count). The number of carbonyl (C=O) groups excluding carboxylic acids is 2. The van der Waals surface area contributed by atoms with E-state index < -0.39 is 23.9 Å². The van der Waals surface area contributed by atoms with E-state index >= 15 is 0 Å². The van der Waals surface area contributed by atoms with E-state index in [9.17, 15) is 19.1 Å². The summed E-state index contributed by atoms with van der Waals surface area (Å²) >= 11 is 5.84. The number of hydrogen-bond acceptors (Lipinski definition) is 3. The second-order valence-electron chi connectivity index (χ2n) is 6.66. The Kier molecular flexibility index (Phi) is 7.96. The van der Waals surface area contributed by atoms with Gasteiger partial charge in [-0.25, -0.2) is 4.39 Å². The highest BCUT2D eigenvalue weighted by Gasteiger charge is 2.26. The second kappa shape index (κ2) is 10.2. The Morgan fingerprint density at radius 3 is 2.29 bits per heavy atom. The molecule has 0 aliphatic heterocycles. The van der Waals surface area contributed by atoms with Gasteiger partial charge in [0.15, 0.2) is 0 Å². The van der Waals surface area contributed by atoms with Crippen molar-refractivity contribution in [3.8, 4) is 0 Å². The van der Waals surface area contributed by atoms with E-state index in [0.29, 0.717) is 22.6 Å². The summed E-state index contributed by atoms with van der Waals surface area (Å²) in [6.07, 6.45) is -0.298. The van der Waals surface area contributed by atoms with Gasteiger partial charge in [0.05, 0.1) is 6.10 Å². The molecule has 0 spiro atoms. The van der Waals surface area contributed by atoms with Crippen LogP contribution in [0.5, 0.6) is 0 Å². The van der Waals surface area contributed by atoms with Crippen LogP contribution in [-0.2, 0) is 4.79 Å². The largest absolute Gasteiger partial charge is 0.387 e. The molecule has 3 unspecified atom stereocenters. The Balaban J connectivity index is 2.01. The number of aliphatic hydroxyl groups excluding tert-OH is 1. The monoisotopic (exact) mass is 406 g/mol. The standard InChI is InChI=1S/C21H24ClFN2O3/c1-3-13(2)19(25-20(27)15-4-8-16(22)9-5-15)21(28)24-12-18(26)14-6-10-17(23)11-7-14/h4-11,13,18-19,26H,3,12H2,1-2H3,(H,24,28)(H,25,27). The van der Waals surface area contributed by atoms with E-state index in [-0.39, 0.29) is 18.4 Å². The predicted octanol–water partition coefficient (Wildman–Crippen LogP) is 3.47. The first kappa shape index (κ1) is 21.9. The first-order chi connectivity index (χ1) is 13.3. The number of benzene rings is 2. The van der Waals surface area contributed by atoms with Crippen molar-refractivity contribution in [1.29, 1.82) is 0 Å². The summed E-state index contributed by atoms with van der Waals surface area (Å²) in [5.41, 5.74) is 0.892. The predicted molar refractivity (Wildman–Crippen MR) is 107 cm³/mol. The van der Waals surface area contributed by atoms with Gasteiger partial charge in [-0.05, 0) is 47.9 Å². The molecule has 0 radical (unpaired) electrons. The molecule has 0 aliphatic rings. The molecule has 0 aliphatic carbocycles. The zero-order chi connectivity index (χ0) is 20.7. The molecular formula is C21H24ClFN2O3. The van der Waals surface area contributed by atoms with Crippen molar-refractivity contribution in [1.82, 2.24) is 10.6 Å². The Hall–Kier alpha value is -2.44. The molecule has 0 aromatic heterocycles. The van der Waals surface area contributed by atoms with Gasteiger partial charge in [0, 0.05) is 17.1 Å². The van der Waals surface area contributed by atoms with Gasteiger partial charge in [-0.1, -0.05) is 44.0 Å². The fraction of sp³-hybridized carbons (Fsp3) is 0.333. The molecule has 150 valence electrons. The van der Waals surface area contributed by atoms with Gasteiger partial charge in [-0.15, -0.1) is 0 Å². The Morgan fingerprint density at radius 2 is 1.71 bits per heavy atom. The summed E-state index contributed by atoms with van der Waals surface area (Å²) < 4.78 is 13.0. The van der Waals surface area contributed by atoms with Crippen molar-refractivity contribution in [2.24, 2.45) is 5.92 Å². The quantitative estimate of drug-likeness (QED) is 0.628. The van der Waals surface area contributed by atoms with Gasteiger partial charge in [0.1, 0.15) is 11.9 Å². The average molecular weight is 407 g/mol. The van der Waals surface area contributed by atoms with Crippen LogP contribution in [0.3, 0.4) is 0 Å². The molecule has 3 atom stereocenters.